The average Bonchev–Trinajstić information content (AvgIpc) is 2.65. The van der Waals surface area contributed by atoms with E-state index in [4.69, 9.17) is 14.2 Å². The smallest absolute Gasteiger partial charge is 0.234 e. The third-order valence-corrected chi connectivity index (χ3v) is 7.08. The maximum Gasteiger partial charge on any atom is 0.234 e. The summed E-state index contributed by atoms with van der Waals surface area (Å²) < 4.78 is 16.4. The minimum Gasteiger partial charge on any atom is -0.493 e. The monoisotopic (exact) mass is 402 g/mol. The lowest BCUT2D eigenvalue weighted by atomic mass is 9.53. The average molecular weight is 403 g/mol. The molecule has 0 spiro atoms. The molecular weight excluding hydrogens is 368 g/mol. The van der Waals surface area contributed by atoms with E-state index in [1.165, 1.54) is 38.5 Å². The molecule has 4 bridgehead atoms. The lowest BCUT2D eigenvalue weighted by Gasteiger charge is -2.57. The second kappa shape index (κ2) is 8.05. The molecule has 160 valence electrons. The molecule has 1 N–H and O–H groups in total. The highest BCUT2D eigenvalue weighted by Crippen LogP contribution is 2.55. The number of hydrogen-bond acceptors (Lipinski definition) is 5. The van der Waals surface area contributed by atoms with E-state index in [0.29, 0.717) is 30.3 Å². The molecule has 0 heterocycles. The van der Waals surface area contributed by atoms with Crippen LogP contribution in [0.15, 0.2) is 12.1 Å². The van der Waals surface area contributed by atoms with Gasteiger partial charge in [0.25, 0.3) is 0 Å². The van der Waals surface area contributed by atoms with Crippen LogP contribution < -0.4 is 19.5 Å². The van der Waals surface area contributed by atoms with Crippen LogP contribution in [0.1, 0.15) is 44.1 Å². The molecule has 0 aliphatic heterocycles. The Morgan fingerprint density at radius 1 is 1.00 bits per heavy atom. The fourth-order valence-electron chi connectivity index (χ4n) is 6.48. The second-order valence-corrected chi connectivity index (χ2v) is 9.41. The molecule has 6 heteroatoms. The Morgan fingerprint density at radius 3 is 2.10 bits per heavy atom. The first-order chi connectivity index (χ1) is 13.9. The highest BCUT2D eigenvalue weighted by Gasteiger charge is 2.51. The molecule has 4 saturated carbocycles. The zero-order valence-corrected chi connectivity index (χ0v) is 18.1. The van der Waals surface area contributed by atoms with E-state index in [2.05, 4.69) is 5.32 Å². The number of benzene rings is 1. The van der Waals surface area contributed by atoms with Crippen molar-refractivity contribution >= 4 is 5.91 Å². The van der Waals surface area contributed by atoms with Crippen LogP contribution in [-0.2, 0) is 11.3 Å². The van der Waals surface area contributed by atoms with Crippen molar-refractivity contribution in [2.45, 2.75) is 50.6 Å². The van der Waals surface area contributed by atoms with Crippen LogP contribution in [0.3, 0.4) is 0 Å². The fraction of sp³-hybridized carbons (Fsp3) is 0.696. The van der Waals surface area contributed by atoms with E-state index >= 15 is 0 Å². The maximum atomic E-state index is 12.9. The van der Waals surface area contributed by atoms with Gasteiger partial charge in [-0.25, -0.2) is 0 Å². The lowest BCUT2D eigenvalue weighted by Crippen LogP contribution is -2.60. The van der Waals surface area contributed by atoms with Crippen molar-refractivity contribution < 1.29 is 19.0 Å². The van der Waals surface area contributed by atoms with Crippen molar-refractivity contribution in [1.82, 2.24) is 10.2 Å². The van der Waals surface area contributed by atoms with Gasteiger partial charge in [-0.2, -0.15) is 0 Å². The van der Waals surface area contributed by atoms with Crippen molar-refractivity contribution in [2.75, 3.05) is 34.9 Å². The van der Waals surface area contributed by atoms with Crippen LogP contribution in [0.2, 0.25) is 0 Å². The summed E-state index contributed by atoms with van der Waals surface area (Å²) in [5.74, 6) is 4.49. The van der Waals surface area contributed by atoms with Gasteiger partial charge in [-0.15, -0.1) is 0 Å². The van der Waals surface area contributed by atoms with E-state index in [1.54, 1.807) is 21.3 Å². The van der Waals surface area contributed by atoms with Gasteiger partial charge in [0.05, 0.1) is 27.9 Å². The number of carbonyl (C=O) groups excluding carboxylic acids is 1. The Hall–Kier alpha value is -1.95. The Labute approximate surface area is 173 Å². The summed E-state index contributed by atoms with van der Waals surface area (Å²) in [5, 5.41) is 3.45. The van der Waals surface area contributed by atoms with Gasteiger partial charge >= 0.3 is 0 Å². The van der Waals surface area contributed by atoms with Gasteiger partial charge in [-0.1, -0.05) is 6.07 Å². The zero-order chi connectivity index (χ0) is 20.6. The topological polar surface area (TPSA) is 60.0 Å². The molecule has 1 aromatic carbocycles. The normalized spacial score (nSPS) is 29.8. The molecule has 29 heavy (non-hydrogen) atoms. The first-order valence-corrected chi connectivity index (χ1v) is 10.7. The standard InChI is InChI=1S/C23H34N2O4/c1-25(13-18-5-6-19(27-2)22(29-4)21(18)28-3)14-20(26)24-23-10-15-7-16(11-23)9-17(8-15)12-23/h5-6,15-17H,7-14H2,1-4H3,(H,24,26). The van der Waals surface area contributed by atoms with Gasteiger partial charge in [0.2, 0.25) is 11.7 Å². The van der Waals surface area contributed by atoms with Crippen LogP contribution in [0.25, 0.3) is 0 Å². The van der Waals surface area contributed by atoms with E-state index in [-0.39, 0.29) is 11.4 Å². The molecule has 1 aromatic rings. The number of nitrogens with one attached hydrogen (secondary N) is 1. The number of hydrogen-bond donors (Lipinski definition) is 1. The van der Waals surface area contributed by atoms with Gasteiger partial charge < -0.3 is 19.5 Å². The van der Waals surface area contributed by atoms with Gasteiger partial charge in [0.15, 0.2) is 11.5 Å². The molecule has 4 aliphatic rings. The van der Waals surface area contributed by atoms with Crippen LogP contribution in [-0.4, -0.2) is 51.3 Å². The number of methoxy groups -OCH3 is 3. The van der Waals surface area contributed by atoms with Crippen molar-refractivity contribution in [2.24, 2.45) is 17.8 Å². The summed E-state index contributed by atoms with van der Waals surface area (Å²) in [6.07, 6.45) is 7.68. The summed E-state index contributed by atoms with van der Waals surface area (Å²) >= 11 is 0. The van der Waals surface area contributed by atoms with Crippen molar-refractivity contribution in [3.63, 3.8) is 0 Å². The molecule has 0 radical (unpaired) electrons. The molecule has 0 unspecified atom stereocenters. The fourth-order valence-corrected chi connectivity index (χ4v) is 6.48. The lowest BCUT2D eigenvalue weighted by molar-refractivity contribution is -0.127. The third-order valence-electron chi connectivity index (χ3n) is 7.08. The van der Waals surface area contributed by atoms with Gasteiger partial charge in [0, 0.05) is 17.6 Å². The molecule has 1 amide bonds. The molecule has 0 saturated heterocycles. The largest absolute Gasteiger partial charge is 0.493 e. The van der Waals surface area contributed by atoms with Crippen LogP contribution in [0, 0.1) is 17.8 Å². The number of rotatable bonds is 8. The Morgan fingerprint density at radius 2 is 1.59 bits per heavy atom. The van der Waals surface area contributed by atoms with Crippen LogP contribution >= 0.6 is 0 Å². The number of likely N-dealkylation sites (N-methyl/N-ethyl adjacent to an activating group) is 1. The molecule has 0 atom stereocenters. The van der Waals surface area contributed by atoms with E-state index in [0.717, 1.165) is 23.3 Å². The Bertz CT molecular complexity index is 728. The highest BCUT2D eigenvalue weighted by atomic mass is 16.5. The Kier molecular flexibility index (Phi) is 5.65. The molecule has 4 fully saturated rings. The SMILES string of the molecule is COc1ccc(CN(C)CC(=O)NC23CC4CC(CC(C4)C2)C3)c(OC)c1OC. The molecular formula is C23H34N2O4. The molecule has 0 aromatic heterocycles. The predicted octanol–water partition coefficient (Wildman–Crippen LogP) is 3.23. The summed E-state index contributed by atoms with van der Waals surface area (Å²) in [7, 11) is 6.81. The molecule has 4 aliphatic carbocycles. The summed E-state index contributed by atoms with van der Waals surface area (Å²) in [5.41, 5.74) is 1.03. The molecule has 5 rings (SSSR count). The summed E-state index contributed by atoms with van der Waals surface area (Å²) in [4.78, 5) is 14.9. The van der Waals surface area contributed by atoms with E-state index < -0.39 is 0 Å². The third kappa shape index (κ3) is 4.04. The van der Waals surface area contributed by atoms with Crippen molar-refractivity contribution in [3.8, 4) is 17.2 Å². The highest BCUT2D eigenvalue weighted by molar-refractivity contribution is 5.79. The predicted molar refractivity (Wildman–Crippen MR) is 111 cm³/mol. The molecule has 6 nitrogen and oxygen atoms in total. The van der Waals surface area contributed by atoms with Crippen molar-refractivity contribution in [3.05, 3.63) is 17.7 Å². The van der Waals surface area contributed by atoms with Crippen molar-refractivity contribution in [1.29, 1.82) is 0 Å². The van der Waals surface area contributed by atoms with Gasteiger partial charge in [-0.3, -0.25) is 9.69 Å². The maximum absolute atomic E-state index is 12.9. The van der Waals surface area contributed by atoms with E-state index in [9.17, 15) is 4.79 Å². The first kappa shape index (κ1) is 20.3. The number of carbonyl (C=O) groups is 1. The summed E-state index contributed by atoms with van der Waals surface area (Å²) in [6.45, 7) is 0.969. The second-order valence-electron chi connectivity index (χ2n) is 9.41. The van der Waals surface area contributed by atoms with Gasteiger partial charge in [-0.05, 0) is 69.4 Å². The summed E-state index contributed by atoms with van der Waals surface area (Å²) in [6, 6.07) is 3.84. The minimum absolute atomic E-state index is 0.0632. The zero-order valence-electron chi connectivity index (χ0n) is 18.1. The Balaban J connectivity index is 1.39. The van der Waals surface area contributed by atoms with Gasteiger partial charge in [0.1, 0.15) is 0 Å². The number of amides is 1. The number of ether oxygens (including phenoxy) is 3. The minimum atomic E-state index is 0.0632. The van der Waals surface area contributed by atoms with E-state index in [1.807, 2.05) is 24.1 Å². The van der Waals surface area contributed by atoms with Crippen LogP contribution in [0.4, 0.5) is 0 Å². The number of nitrogens with zero attached hydrogens (tertiary/aromatic N) is 1. The first-order valence-electron chi connectivity index (χ1n) is 10.7. The quantitative estimate of drug-likeness (QED) is 0.723. The van der Waals surface area contributed by atoms with Crippen LogP contribution in [0.5, 0.6) is 17.2 Å².